The summed E-state index contributed by atoms with van der Waals surface area (Å²) in [4.78, 5) is 58.9. The molecule has 1 rings (SSSR count). The molecule has 0 unspecified atom stereocenters. The minimum atomic E-state index is -1.26. The average Bonchev–Trinajstić information content (AvgIpc) is 2.71. The molecule has 176 valence electrons. The summed E-state index contributed by atoms with van der Waals surface area (Å²) in [6.45, 7) is 4.78. The lowest BCUT2D eigenvalue weighted by Crippen LogP contribution is -2.57. The van der Waals surface area contributed by atoms with E-state index in [2.05, 4.69) is 16.0 Å². The van der Waals surface area contributed by atoms with Crippen LogP contribution in [0.4, 0.5) is 0 Å². The molecule has 0 aromatic heterocycles. The maximum atomic E-state index is 12.6. The van der Waals surface area contributed by atoms with Gasteiger partial charge in [0.25, 0.3) is 0 Å². The van der Waals surface area contributed by atoms with Gasteiger partial charge in [-0.2, -0.15) is 0 Å². The third-order valence-corrected chi connectivity index (χ3v) is 4.61. The smallest absolute Gasteiger partial charge is 0.305 e. The van der Waals surface area contributed by atoms with Crippen molar-refractivity contribution >= 4 is 30.0 Å². The first-order valence-corrected chi connectivity index (χ1v) is 10.1. The fourth-order valence-corrected chi connectivity index (χ4v) is 2.77. The van der Waals surface area contributed by atoms with Crippen LogP contribution in [0.5, 0.6) is 5.75 Å². The van der Waals surface area contributed by atoms with Crippen LogP contribution in [0.15, 0.2) is 24.3 Å². The molecule has 11 heteroatoms. The molecule has 0 heterocycles. The number of amides is 3. The van der Waals surface area contributed by atoms with Crippen molar-refractivity contribution in [1.82, 2.24) is 16.0 Å². The number of benzene rings is 1. The first-order valence-electron chi connectivity index (χ1n) is 10.1. The second-order valence-electron chi connectivity index (χ2n) is 7.79. The van der Waals surface area contributed by atoms with Gasteiger partial charge < -0.3 is 36.7 Å². The Kier molecular flexibility index (Phi) is 10.3. The van der Waals surface area contributed by atoms with Crippen molar-refractivity contribution in [2.75, 3.05) is 0 Å². The van der Waals surface area contributed by atoms with E-state index in [4.69, 9.17) is 10.8 Å². The van der Waals surface area contributed by atoms with Crippen molar-refractivity contribution in [1.29, 1.82) is 0 Å². The van der Waals surface area contributed by atoms with Crippen LogP contribution in [0.1, 0.15) is 32.8 Å². The summed E-state index contributed by atoms with van der Waals surface area (Å²) in [7, 11) is 0. The van der Waals surface area contributed by atoms with E-state index in [1.807, 2.05) is 0 Å². The maximum Gasteiger partial charge on any atom is 0.305 e. The Balaban J connectivity index is 2.70. The zero-order valence-electron chi connectivity index (χ0n) is 18.2. The predicted octanol–water partition coefficient (Wildman–Crippen LogP) is -0.934. The lowest BCUT2D eigenvalue weighted by atomic mass is 10.0. The molecule has 3 amide bonds. The highest BCUT2D eigenvalue weighted by Crippen LogP contribution is 2.11. The van der Waals surface area contributed by atoms with E-state index >= 15 is 0 Å². The van der Waals surface area contributed by atoms with Crippen LogP contribution in [0, 0.1) is 5.92 Å². The van der Waals surface area contributed by atoms with Crippen molar-refractivity contribution in [2.45, 2.75) is 57.8 Å². The molecule has 1 aromatic carbocycles. The zero-order chi connectivity index (χ0) is 24.4. The molecule has 7 N–H and O–H groups in total. The van der Waals surface area contributed by atoms with Gasteiger partial charge in [-0.1, -0.05) is 26.0 Å². The van der Waals surface area contributed by atoms with Gasteiger partial charge in [0.05, 0.1) is 18.5 Å². The highest BCUT2D eigenvalue weighted by atomic mass is 16.4. The molecule has 0 aliphatic carbocycles. The SMILES string of the molecule is CC(C)[C@H](NC(=O)[C@@H](N)Cc1ccc(O)cc1)C(=O)N[C@@H](C)C(=O)N[C@H](C=O)CC(=O)O. The van der Waals surface area contributed by atoms with Crippen molar-refractivity contribution < 1.29 is 34.2 Å². The van der Waals surface area contributed by atoms with Gasteiger partial charge in [0.15, 0.2) is 0 Å². The lowest BCUT2D eigenvalue weighted by molar-refractivity contribution is -0.139. The van der Waals surface area contributed by atoms with Crippen LogP contribution in [0.2, 0.25) is 0 Å². The number of phenolic OH excluding ortho intramolecular Hbond substituents is 1. The Morgan fingerprint density at radius 3 is 2.06 bits per heavy atom. The topological polar surface area (TPSA) is 188 Å². The number of aromatic hydroxyl groups is 1. The van der Waals surface area contributed by atoms with Gasteiger partial charge in [-0.15, -0.1) is 0 Å². The second kappa shape index (κ2) is 12.4. The fraction of sp³-hybridized carbons (Fsp3) is 0.476. The Morgan fingerprint density at radius 1 is 0.969 bits per heavy atom. The van der Waals surface area contributed by atoms with Crippen LogP contribution in [-0.2, 0) is 30.4 Å². The van der Waals surface area contributed by atoms with Crippen LogP contribution in [0.3, 0.4) is 0 Å². The van der Waals surface area contributed by atoms with Gasteiger partial charge >= 0.3 is 5.97 Å². The van der Waals surface area contributed by atoms with Crippen molar-refractivity contribution in [3.05, 3.63) is 29.8 Å². The number of carboxylic acid groups (broad SMARTS) is 1. The van der Waals surface area contributed by atoms with Gasteiger partial charge in [0, 0.05) is 0 Å². The monoisotopic (exact) mass is 450 g/mol. The van der Waals surface area contributed by atoms with Crippen LogP contribution in [0.25, 0.3) is 0 Å². The van der Waals surface area contributed by atoms with E-state index < -0.39 is 54.3 Å². The number of nitrogens with two attached hydrogens (primary N) is 1. The van der Waals surface area contributed by atoms with E-state index in [0.717, 1.165) is 5.56 Å². The Hall–Kier alpha value is -3.47. The van der Waals surface area contributed by atoms with Gasteiger partial charge in [-0.05, 0) is 37.0 Å². The first kappa shape index (κ1) is 26.6. The van der Waals surface area contributed by atoms with E-state index in [-0.39, 0.29) is 18.1 Å². The third-order valence-electron chi connectivity index (χ3n) is 4.61. The second-order valence-corrected chi connectivity index (χ2v) is 7.79. The molecule has 32 heavy (non-hydrogen) atoms. The highest BCUT2D eigenvalue weighted by Gasteiger charge is 2.29. The fourth-order valence-electron chi connectivity index (χ4n) is 2.77. The lowest BCUT2D eigenvalue weighted by Gasteiger charge is -2.25. The van der Waals surface area contributed by atoms with E-state index in [1.54, 1.807) is 26.0 Å². The van der Waals surface area contributed by atoms with Crippen molar-refractivity contribution in [2.24, 2.45) is 11.7 Å². The van der Waals surface area contributed by atoms with E-state index in [9.17, 15) is 29.1 Å². The maximum absolute atomic E-state index is 12.6. The number of carbonyl (C=O) groups excluding carboxylic acids is 4. The van der Waals surface area contributed by atoms with Gasteiger partial charge in [-0.25, -0.2) is 0 Å². The third kappa shape index (κ3) is 8.72. The Labute approximate surface area is 185 Å². The average molecular weight is 450 g/mol. The number of aliphatic carboxylic acids is 1. The number of hydrogen-bond donors (Lipinski definition) is 6. The summed E-state index contributed by atoms with van der Waals surface area (Å²) in [5, 5.41) is 25.3. The van der Waals surface area contributed by atoms with Crippen LogP contribution >= 0.6 is 0 Å². The molecule has 0 saturated carbocycles. The number of phenols is 1. The van der Waals surface area contributed by atoms with Crippen LogP contribution in [-0.4, -0.2) is 64.4 Å². The minimum Gasteiger partial charge on any atom is -0.508 e. The normalized spacial score (nSPS) is 14.5. The quantitative estimate of drug-likeness (QED) is 0.220. The number of aldehydes is 1. The van der Waals surface area contributed by atoms with Gasteiger partial charge in [-0.3, -0.25) is 19.2 Å². The summed E-state index contributed by atoms with van der Waals surface area (Å²) in [5.74, 6) is -3.44. The summed E-state index contributed by atoms with van der Waals surface area (Å²) >= 11 is 0. The number of rotatable bonds is 12. The van der Waals surface area contributed by atoms with Crippen molar-refractivity contribution in [3.8, 4) is 5.75 Å². The van der Waals surface area contributed by atoms with Gasteiger partial charge in [0.1, 0.15) is 24.1 Å². The first-order chi connectivity index (χ1) is 14.9. The van der Waals surface area contributed by atoms with E-state index in [1.165, 1.54) is 19.1 Å². The molecule has 1 aromatic rings. The molecular formula is C21H30N4O7. The van der Waals surface area contributed by atoms with E-state index in [0.29, 0.717) is 6.29 Å². The molecule has 0 saturated heterocycles. The summed E-state index contributed by atoms with van der Waals surface area (Å²) in [6.07, 6.45) is -0.0965. The number of nitrogens with one attached hydrogen (secondary N) is 3. The molecule has 0 aliphatic rings. The number of hydrogen-bond acceptors (Lipinski definition) is 7. The Bertz CT molecular complexity index is 826. The molecule has 0 spiro atoms. The molecular weight excluding hydrogens is 420 g/mol. The molecule has 4 atom stereocenters. The number of carboxylic acids is 1. The molecule has 11 nitrogen and oxygen atoms in total. The minimum absolute atomic E-state index is 0.0869. The zero-order valence-corrected chi connectivity index (χ0v) is 18.2. The van der Waals surface area contributed by atoms with Crippen molar-refractivity contribution in [3.63, 3.8) is 0 Å². The summed E-state index contributed by atoms with van der Waals surface area (Å²) in [6, 6.07) is 1.98. The summed E-state index contributed by atoms with van der Waals surface area (Å²) in [5.41, 5.74) is 6.67. The van der Waals surface area contributed by atoms with Crippen LogP contribution < -0.4 is 21.7 Å². The predicted molar refractivity (Wildman–Crippen MR) is 114 cm³/mol. The molecule has 0 aliphatic heterocycles. The molecule has 0 fully saturated rings. The molecule has 0 bridgehead atoms. The summed E-state index contributed by atoms with van der Waals surface area (Å²) < 4.78 is 0. The molecule has 0 radical (unpaired) electrons. The Morgan fingerprint density at radius 2 is 1.56 bits per heavy atom. The standard InChI is InChI=1S/C21H30N4O7/c1-11(2)18(25-20(31)16(22)8-13-4-6-15(27)7-5-13)21(32)23-12(3)19(30)24-14(10-26)9-17(28)29/h4-7,10-12,14,16,18,27H,8-9,22H2,1-3H3,(H,23,32)(H,24,30)(H,25,31)(H,28,29)/t12-,14-,16-,18-/m0/s1. The highest BCUT2D eigenvalue weighted by molar-refractivity contribution is 5.93. The van der Waals surface area contributed by atoms with Gasteiger partial charge in [0.2, 0.25) is 17.7 Å². The largest absolute Gasteiger partial charge is 0.508 e. The number of carbonyl (C=O) groups is 5.